The quantitative estimate of drug-likeness (QED) is 0.802. The average molecular weight is 361 g/mol. The molecule has 3 aliphatic rings. The highest BCUT2D eigenvalue weighted by atomic mass is 16.4. The predicted molar refractivity (Wildman–Crippen MR) is 93.5 cm³/mol. The SMILES string of the molecule is Cc1nc(C(=O)NCCC2(O)CCN(C(=O)CC3CC34CC4)C2)c(C)o1. The van der Waals surface area contributed by atoms with Crippen molar-refractivity contribution in [3.63, 3.8) is 0 Å². The fraction of sp³-hybridized carbons (Fsp3) is 0.737. The number of hydrogen-bond donors (Lipinski definition) is 2. The lowest BCUT2D eigenvalue weighted by Crippen LogP contribution is -2.39. The third-order valence-electron chi connectivity index (χ3n) is 6.35. The summed E-state index contributed by atoms with van der Waals surface area (Å²) < 4.78 is 5.27. The van der Waals surface area contributed by atoms with Gasteiger partial charge in [-0.05, 0) is 50.4 Å². The first-order valence-electron chi connectivity index (χ1n) is 9.53. The number of carbonyl (C=O) groups excluding carboxylic acids is 2. The Hall–Kier alpha value is -1.89. The van der Waals surface area contributed by atoms with Crippen molar-refractivity contribution < 1.29 is 19.1 Å². The van der Waals surface area contributed by atoms with Gasteiger partial charge in [-0.2, -0.15) is 0 Å². The summed E-state index contributed by atoms with van der Waals surface area (Å²) in [5, 5.41) is 13.5. The van der Waals surface area contributed by atoms with E-state index in [0.717, 1.165) is 0 Å². The Balaban J connectivity index is 1.22. The number of amides is 2. The van der Waals surface area contributed by atoms with Crippen molar-refractivity contribution in [2.75, 3.05) is 19.6 Å². The molecule has 0 aromatic carbocycles. The molecule has 1 aromatic rings. The van der Waals surface area contributed by atoms with Gasteiger partial charge in [-0.1, -0.05) is 0 Å². The minimum Gasteiger partial charge on any atom is -0.445 e. The third-order valence-corrected chi connectivity index (χ3v) is 6.35. The van der Waals surface area contributed by atoms with Crippen LogP contribution in [0.4, 0.5) is 0 Å². The van der Waals surface area contributed by atoms with Crippen molar-refractivity contribution in [3.8, 4) is 0 Å². The van der Waals surface area contributed by atoms with Gasteiger partial charge in [-0.3, -0.25) is 9.59 Å². The van der Waals surface area contributed by atoms with Gasteiger partial charge in [-0.15, -0.1) is 0 Å². The minimum absolute atomic E-state index is 0.174. The van der Waals surface area contributed by atoms with Crippen LogP contribution in [0.2, 0.25) is 0 Å². The fourth-order valence-corrected chi connectivity index (χ4v) is 4.34. The summed E-state index contributed by atoms with van der Waals surface area (Å²) in [5.41, 5.74) is -0.0947. The van der Waals surface area contributed by atoms with Gasteiger partial charge in [0.25, 0.3) is 5.91 Å². The summed E-state index contributed by atoms with van der Waals surface area (Å²) in [5.74, 6) is 1.41. The Bertz CT molecular complexity index is 739. The molecule has 26 heavy (non-hydrogen) atoms. The highest BCUT2D eigenvalue weighted by molar-refractivity contribution is 5.93. The van der Waals surface area contributed by atoms with Crippen molar-refractivity contribution in [2.24, 2.45) is 11.3 Å². The number of β-amino-alcohol motifs (C(OH)–C–C–N with tert-alkyl or cyclic N) is 1. The standard InChI is InChI=1S/C19H27N3O4/c1-12-16(21-13(2)26-12)17(24)20-7-5-19(25)6-8-22(11-19)15(23)9-14-10-18(14)3-4-18/h14,25H,3-11H2,1-2H3,(H,20,24). The average Bonchev–Trinajstić information content (AvgIpc) is 3.41. The van der Waals surface area contributed by atoms with E-state index in [0.29, 0.717) is 61.9 Å². The van der Waals surface area contributed by atoms with Crippen molar-refractivity contribution in [3.05, 3.63) is 17.3 Å². The van der Waals surface area contributed by atoms with Crippen molar-refractivity contribution in [2.45, 2.75) is 58.0 Å². The van der Waals surface area contributed by atoms with Gasteiger partial charge in [0.2, 0.25) is 5.91 Å². The molecule has 2 amide bonds. The topological polar surface area (TPSA) is 95.7 Å². The number of nitrogens with zero attached hydrogens (tertiary/aromatic N) is 2. The summed E-state index contributed by atoms with van der Waals surface area (Å²) in [7, 11) is 0. The van der Waals surface area contributed by atoms with Gasteiger partial charge in [0.15, 0.2) is 11.6 Å². The highest BCUT2D eigenvalue weighted by Crippen LogP contribution is 2.71. The smallest absolute Gasteiger partial charge is 0.273 e. The fourth-order valence-electron chi connectivity index (χ4n) is 4.34. The van der Waals surface area contributed by atoms with Crippen molar-refractivity contribution >= 4 is 11.8 Å². The maximum Gasteiger partial charge on any atom is 0.273 e. The van der Waals surface area contributed by atoms with E-state index in [-0.39, 0.29) is 17.5 Å². The molecule has 142 valence electrons. The molecule has 2 aliphatic carbocycles. The molecule has 2 N–H and O–H groups in total. The van der Waals surface area contributed by atoms with Crippen LogP contribution in [-0.4, -0.2) is 52.0 Å². The first-order valence-corrected chi connectivity index (χ1v) is 9.53. The first-order chi connectivity index (χ1) is 12.3. The van der Waals surface area contributed by atoms with Crippen LogP contribution in [0.5, 0.6) is 0 Å². The van der Waals surface area contributed by atoms with Gasteiger partial charge in [0.05, 0.1) is 5.60 Å². The third kappa shape index (κ3) is 3.37. The monoisotopic (exact) mass is 361 g/mol. The van der Waals surface area contributed by atoms with Crippen LogP contribution >= 0.6 is 0 Å². The molecule has 1 saturated heterocycles. The number of hydrogen-bond acceptors (Lipinski definition) is 5. The number of carbonyl (C=O) groups is 2. The van der Waals surface area contributed by atoms with E-state index in [1.54, 1.807) is 18.7 Å². The lowest BCUT2D eigenvalue weighted by molar-refractivity contribution is -0.131. The van der Waals surface area contributed by atoms with Crippen molar-refractivity contribution in [1.82, 2.24) is 15.2 Å². The van der Waals surface area contributed by atoms with Crippen LogP contribution in [0.1, 0.15) is 60.7 Å². The number of aliphatic hydroxyl groups is 1. The molecule has 0 radical (unpaired) electrons. The first kappa shape index (κ1) is 17.5. The number of aromatic nitrogens is 1. The zero-order valence-electron chi connectivity index (χ0n) is 15.5. The van der Waals surface area contributed by atoms with E-state index < -0.39 is 5.60 Å². The molecular weight excluding hydrogens is 334 g/mol. The minimum atomic E-state index is -0.918. The van der Waals surface area contributed by atoms with Crippen molar-refractivity contribution in [1.29, 1.82) is 0 Å². The summed E-state index contributed by atoms with van der Waals surface area (Å²) in [6, 6.07) is 0. The Morgan fingerprint density at radius 2 is 2.12 bits per heavy atom. The summed E-state index contributed by atoms with van der Waals surface area (Å²) >= 11 is 0. The Morgan fingerprint density at radius 1 is 1.35 bits per heavy atom. The maximum absolute atomic E-state index is 12.4. The molecule has 7 nitrogen and oxygen atoms in total. The molecule has 0 bridgehead atoms. The molecule has 2 unspecified atom stereocenters. The van der Waals surface area contributed by atoms with Gasteiger partial charge < -0.3 is 19.7 Å². The zero-order chi connectivity index (χ0) is 18.5. The maximum atomic E-state index is 12.4. The number of nitrogens with one attached hydrogen (secondary N) is 1. The second-order valence-electron chi connectivity index (χ2n) is 8.40. The van der Waals surface area contributed by atoms with Gasteiger partial charge in [0, 0.05) is 33.0 Å². The van der Waals surface area contributed by atoms with E-state index in [9.17, 15) is 14.7 Å². The second kappa shape index (κ2) is 6.08. The van der Waals surface area contributed by atoms with Crippen LogP contribution < -0.4 is 5.32 Å². The van der Waals surface area contributed by atoms with Gasteiger partial charge in [0.1, 0.15) is 5.76 Å². The molecule has 4 rings (SSSR count). The predicted octanol–water partition coefficient (Wildman–Crippen LogP) is 1.56. The van der Waals surface area contributed by atoms with E-state index in [1.807, 2.05) is 0 Å². The lowest BCUT2D eigenvalue weighted by atomic mass is 9.99. The van der Waals surface area contributed by atoms with Crippen LogP contribution in [0.15, 0.2) is 4.42 Å². The van der Waals surface area contributed by atoms with Crippen LogP contribution in [0.3, 0.4) is 0 Å². The zero-order valence-corrected chi connectivity index (χ0v) is 15.5. The number of aryl methyl sites for hydroxylation is 2. The molecule has 2 heterocycles. The van der Waals surface area contributed by atoms with Crippen LogP contribution in [0.25, 0.3) is 0 Å². The Labute approximate surface area is 153 Å². The van der Waals surface area contributed by atoms with E-state index in [4.69, 9.17) is 4.42 Å². The molecule has 2 atom stereocenters. The second-order valence-corrected chi connectivity index (χ2v) is 8.40. The number of oxazole rings is 1. The van der Waals surface area contributed by atoms with Gasteiger partial charge in [-0.25, -0.2) is 4.98 Å². The molecule has 2 saturated carbocycles. The molecule has 7 heteroatoms. The largest absolute Gasteiger partial charge is 0.445 e. The lowest BCUT2D eigenvalue weighted by Gasteiger charge is -2.23. The molecule has 1 aromatic heterocycles. The van der Waals surface area contributed by atoms with E-state index >= 15 is 0 Å². The number of rotatable bonds is 6. The molecular formula is C19H27N3O4. The van der Waals surface area contributed by atoms with Crippen LogP contribution in [0, 0.1) is 25.2 Å². The highest BCUT2D eigenvalue weighted by Gasteiger charge is 2.62. The van der Waals surface area contributed by atoms with E-state index in [2.05, 4.69) is 10.3 Å². The van der Waals surface area contributed by atoms with E-state index in [1.165, 1.54) is 19.3 Å². The normalized spacial score (nSPS) is 28.4. The summed E-state index contributed by atoms with van der Waals surface area (Å²) in [6.45, 7) is 4.71. The molecule has 1 aliphatic heterocycles. The molecule has 3 fully saturated rings. The van der Waals surface area contributed by atoms with Gasteiger partial charge >= 0.3 is 0 Å². The number of likely N-dealkylation sites (tertiary alicyclic amines) is 1. The Kier molecular flexibility index (Phi) is 4.10. The summed E-state index contributed by atoms with van der Waals surface area (Å²) in [4.78, 5) is 30.4. The Morgan fingerprint density at radius 3 is 2.73 bits per heavy atom. The summed E-state index contributed by atoms with van der Waals surface area (Å²) in [6.07, 6.45) is 5.41. The molecule has 1 spiro atoms. The van der Waals surface area contributed by atoms with Crippen LogP contribution in [-0.2, 0) is 4.79 Å².